The Balaban J connectivity index is 1.45. The number of nitrogens with one attached hydrogen (secondary N) is 1. The molecular weight excluding hydrogens is 358 g/mol. The van der Waals surface area contributed by atoms with Crippen LogP contribution in [0, 0.1) is 0 Å². The fraction of sp³-hybridized carbons (Fsp3) is 0.269. The van der Waals surface area contributed by atoms with Crippen LogP contribution in [0.15, 0.2) is 78.9 Å². The second-order valence-corrected chi connectivity index (χ2v) is 8.29. The van der Waals surface area contributed by atoms with Crippen LogP contribution in [0.4, 0.5) is 5.69 Å². The van der Waals surface area contributed by atoms with Gasteiger partial charge in [-0.1, -0.05) is 75.4 Å². The van der Waals surface area contributed by atoms with Gasteiger partial charge < -0.3 is 10.1 Å². The van der Waals surface area contributed by atoms with Crippen LogP contribution in [-0.4, -0.2) is 5.91 Å². The van der Waals surface area contributed by atoms with Gasteiger partial charge >= 0.3 is 0 Å². The van der Waals surface area contributed by atoms with E-state index in [2.05, 4.69) is 50.4 Å². The first kappa shape index (κ1) is 20.7. The molecule has 3 rings (SSSR count). The summed E-state index contributed by atoms with van der Waals surface area (Å²) < 4.78 is 5.78. The van der Waals surface area contributed by atoms with E-state index in [1.54, 1.807) is 0 Å². The van der Waals surface area contributed by atoms with Crippen molar-refractivity contribution in [3.63, 3.8) is 0 Å². The lowest BCUT2D eigenvalue weighted by Gasteiger charge is -2.19. The van der Waals surface area contributed by atoms with E-state index < -0.39 is 0 Å². The molecule has 1 N–H and O–H groups in total. The SMILES string of the molecule is CC(C)(C)c1ccc(CCC(=O)Nc2ccc(OCc3ccccc3)cc2)cc1. The lowest BCUT2D eigenvalue weighted by atomic mass is 9.86. The summed E-state index contributed by atoms with van der Waals surface area (Å²) >= 11 is 0. The average molecular weight is 388 g/mol. The molecule has 3 heteroatoms. The zero-order valence-corrected chi connectivity index (χ0v) is 17.4. The van der Waals surface area contributed by atoms with Crippen molar-refractivity contribution < 1.29 is 9.53 Å². The number of ether oxygens (including phenoxy) is 1. The van der Waals surface area contributed by atoms with E-state index in [1.165, 1.54) is 11.1 Å². The summed E-state index contributed by atoms with van der Waals surface area (Å²) in [7, 11) is 0. The predicted molar refractivity (Wildman–Crippen MR) is 119 cm³/mol. The monoisotopic (exact) mass is 387 g/mol. The first-order chi connectivity index (χ1) is 13.9. The van der Waals surface area contributed by atoms with E-state index in [9.17, 15) is 4.79 Å². The molecule has 0 aromatic heterocycles. The number of benzene rings is 3. The predicted octanol–water partition coefficient (Wildman–Crippen LogP) is 6.13. The van der Waals surface area contributed by atoms with Crippen molar-refractivity contribution in [2.45, 2.75) is 45.6 Å². The Hall–Kier alpha value is -3.07. The van der Waals surface area contributed by atoms with Crippen LogP contribution in [-0.2, 0) is 23.2 Å². The Labute approximate surface area is 173 Å². The van der Waals surface area contributed by atoms with Crippen LogP contribution in [0.25, 0.3) is 0 Å². The van der Waals surface area contributed by atoms with E-state index in [0.29, 0.717) is 13.0 Å². The molecule has 0 heterocycles. The molecule has 0 saturated heterocycles. The maximum Gasteiger partial charge on any atom is 0.224 e. The van der Waals surface area contributed by atoms with Crippen molar-refractivity contribution >= 4 is 11.6 Å². The molecule has 0 bridgehead atoms. The molecule has 0 aliphatic carbocycles. The Morgan fingerprint density at radius 1 is 0.828 bits per heavy atom. The fourth-order valence-electron chi connectivity index (χ4n) is 3.03. The highest BCUT2D eigenvalue weighted by molar-refractivity contribution is 5.90. The van der Waals surface area contributed by atoms with Crippen molar-refractivity contribution in [1.29, 1.82) is 0 Å². The van der Waals surface area contributed by atoms with E-state index in [-0.39, 0.29) is 11.3 Å². The molecule has 3 nitrogen and oxygen atoms in total. The average Bonchev–Trinajstić information content (AvgIpc) is 2.72. The summed E-state index contributed by atoms with van der Waals surface area (Å²) in [5.41, 5.74) is 4.54. The molecule has 3 aromatic rings. The largest absolute Gasteiger partial charge is 0.489 e. The first-order valence-corrected chi connectivity index (χ1v) is 10.1. The Kier molecular flexibility index (Phi) is 6.71. The summed E-state index contributed by atoms with van der Waals surface area (Å²) in [5.74, 6) is 0.800. The van der Waals surface area contributed by atoms with Gasteiger partial charge in [0.25, 0.3) is 0 Å². The number of hydrogen-bond donors (Lipinski definition) is 1. The smallest absolute Gasteiger partial charge is 0.224 e. The van der Waals surface area contributed by atoms with Gasteiger partial charge in [0.2, 0.25) is 5.91 Å². The second kappa shape index (κ2) is 9.42. The molecule has 0 saturated carbocycles. The highest BCUT2D eigenvalue weighted by Crippen LogP contribution is 2.22. The van der Waals surface area contributed by atoms with E-state index in [0.717, 1.165) is 23.4 Å². The van der Waals surface area contributed by atoms with Crippen molar-refractivity contribution in [2.24, 2.45) is 0 Å². The number of hydrogen-bond acceptors (Lipinski definition) is 2. The molecule has 0 radical (unpaired) electrons. The van der Waals surface area contributed by atoms with Crippen LogP contribution in [0.3, 0.4) is 0 Å². The number of carbonyl (C=O) groups is 1. The van der Waals surface area contributed by atoms with Gasteiger partial charge in [-0.3, -0.25) is 4.79 Å². The van der Waals surface area contributed by atoms with Crippen LogP contribution < -0.4 is 10.1 Å². The topological polar surface area (TPSA) is 38.3 Å². The number of amides is 1. The molecule has 29 heavy (non-hydrogen) atoms. The van der Waals surface area contributed by atoms with Gasteiger partial charge in [-0.25, -0.2) is 0 Å². The minimum absolute atomic E-state index is 0.0165. The third-order valence-electron chi connectivity index (χ3n) is 4.85. The summed E-state index contributed by atoms with van der Waals surface area (Å²) in [6.07, 6.45) is 1.19. The summed E-state index contributed by atoms with van der Waals surface area (Å²) in [6.45, 7) is 7.13. The minimum atomic E-state index is 0.0165. The molecule has 1 amide bonds. The van der Waals surface area contributed by atoms with Crippen LogP contribution >= 0.6 is 0 Å². The third-order valence-corrected chi connectivity index (χ3v) is 4.85. The lowest BCUT2D eigenvalue weighted by Crippen LogP contribution is -2.13. The molecule has 150 valence electrons. The van der Waals surface area contributed by atoms with Crippen molar-refractivity contribution in [3.05, 3.63) is 95.6 Å². The zero-order chi connectivity index (χ0) is 20.7. The quantitative estimate of drug-likeness (QED) is 0.529. The molecule has 0 fully saturated rings. The number of rotatable bonds is 7. The molecule has 0 atom stereocenters. The van der Waals surface area contributed by atoms with E-state index in [4.69, 9.17) is 4.74 Å². The summed E-state index contributed by atoms with van der Waals surface area (Å²) in [4.78, 5) is 12.3. The molecule has 0 unspecified atom stereocenters. The molecular formula is C26H29NO2. The highest BCUT2D eigenvalue weighted by atomic mass is 16.5. The van der Waals surface area contributed by atoms with Crippen LogP contribution in [0.5, 0.6) is 5.75 Å². The van der Waals surface area contributed by atoms with E-state index >= 15 is 0 Å². The van der Waals surface area contributed by atoms with Gasteiger partial charge in [0.05, 0.1) is 0 Å². The molecule has 0 aliphatic rings. The number of anilines is 1. The van der Waals surface area contributed by atoms with Gasteiger partial charge in [0, 0.05) is 12.1 Å². The van der Waals surface area contributed by atoms with Crippen LogP contribution in [0.2, 0.25) is 0 Å². The van der Waals surface area contributed by atoms with Gasteiger partial charge in [0.1, 0.15) is 12.4 Å². The Morgan fingerprint density at radius 3 is 2.10 bits per heavy atom. The number of carbonyl (C=O) groups excluding carboxylic acids is 1. The zero-order valence-electron chi connectivity index (χ0n) is 17.4. The normalized spacial score (nSPS) is 11.1. The van der Waals surface area contributed by atoms with Crippen molar-refractivity contribution in [3.8, 4) is 5.75 Å². The number of aryl methyl sites for hydroxylation is 1. The minimum Gasteiger partial charge on any atom is -0.489 e. The van der Waals surface area contributed by atoms with Gasteiger partial charge in [0.15, 0.2) is 0 Å². The Bertz CT molecular complexity index is 908. The first-order valence-electron chi connectivity index (χ1n) is 10.1. The highest BCUT2D eigenvalue weighted by Gasteiger charge is 2.13. The Morgan fingerprint density at radius 2 is 1.48 bits per heavy atom. The molecule has 0 spiro atoms. The third kappa shape index (κ3) is 6.49. The molecule has 0 aliphatic heterocycles. The van der Waals surface area contributed by atoms with Gasteiger partial charge in [-0.05, 0) is 52.8 Å². The maximum atomic E-state index is 12.3. The summed E-state index contributed by atoms with van der Waals surface area (Å²) in [5, 5.41) is 2.95. The van der Waals surface area contributed by atoms with E-state index in [1.807, 2.05) is 54.6 Å². The molecule has 3 aromatic carbocycles. The standard InChI is InChI=1S/C26H29NO2/c1-26(2,3)22-12-9-20(10-13-22)11-18-25(28)27-23-14-16-24(17-15-23)29-19-21-7-5-4-6-8-21/h4-10,12-17H,11,18-19H2,1-3H3,(H,27,28). The maximum absolute atomic E-state index is 12.3. The van der Waals surface area contributed by atoms with Crippen LogP contribution in [0.1, 0.15) is 43.9 Å². The van der Waals surface area contributed by atoms with Crippen molar-refractivity contribution in [2.75, 3.05) is 5.32 Å². The fourth-order valence-corrected chi connectivity index (χ4v) is 3.03. The lowest BCUT2D eigenvalue weighted by molar-refractivity contribution is -0.116. The van der Waals surface area contributed by atoms with Gasteiger partial charge in [-0.2, -0.15) is 0 Å². The summed E-state index contributed by atoms with van der Waals surface area (Å²) in [6, 6.07) is 26.1. The second-order valence-electron chi connectivity index (χ2n) is 8.29. The van der Waals surface area contributed by atoms with Crippen molar-refractivity contribution in [1.82, 2.24) is 0 Å². The van der Waals surface area contributed by atoms with Gasteiger partial charge in [-0.15, -0.1) is 0 Å².